The topological polar surface area (TPSA) is 91.1 Å². The number of aromatic nitrogens is 2. The molecule has 34 heavy (non-hydrogen) atoms. The smallest absolute Gasteiger partial charge is 0.407 e. The minimum absolute atomic E-state index is 0.0741. The predicted molar refractivity (Wildman–Crippen MR) is 128 cm³/mol. The molecule has 9 nitrogen and oxygen atoms in total. The van der Waals surface area contributed by atoms with Crippen LogP contribution in [0, 0.1) is 0 Å². The van der Waals surface area contributed by atoms with Crippen molar-refractivity contribution in [1.29, 1.82) is 0 Å². The van der Waals surface area contributed by atoms with E-state index in [0.717, 1.165) is 35.6 Å². The maximum absolute atomic E-state index is 13.1. The Morgan fingerprint density at radius 3 is 2.62 bits per heavy atom. The number of carbonyl (C=O) groups is 2. The lowest BCUT2D eigenvalue weighted by Crippen LogP contribution is -2.38. The van der Waals surface area contributed by atoms with Gasteiger partial charge >= 0.3 is 6.09 Å². The molecule has 2 aliphatic heterocycles. The summed E-state index contributed by atoms with van der Waals surface area (Å²) in [5, 5.41) is 14.4. The van der Waals surface area contributed by atoms with Crippen LogP contribution in [0.1, 0.15) is 22.5 Å². The van der Waals surface area contributed by atoms with Crippen molar-refractivity contribution in [3.05, 3.63) is 64.9 Å². The minimum atomic E-state index is -0.931. The number of ether oxygens (including phenoxy) is 1. The molecule has 0 radical (unpaired) electrons. The summed E-state index contributed by atoms with van der Waals surface area (Å²) in [7, 11) is 3.19. The van der Waals surface area contributed by atoms with Crippen LogP contribution in [0.5, 0.6) is 5.75 Å². The molecule has 5 rings (SSSR count). The van der Waals surface area contributed by atoms with Gasteiger partial charge in [0, 0.05) is 48.7 Å². The van der Waals surface area contributed by atoms with Gasteiger partial charge in [-0.25, -0.2) is 9.48 Å². The van der Waals surface area contributed by atoms with Crippen LogP contribution in [0.4, 0.5) is 16.2 Å². The molecule has 0 bridgehead atoms. The SMILES string of the molecule is COc1cc(N2Cc3cn(-c4ccc(Cl)cc4)nc3C2=O)ccc1N1CCC(N(C)C(=O)O)C1. The molecular weight excluding hydrogens is 458 g/mol. The summed E-state index contributed by atoms with van der Waals surface area (Å²) >= 11 is 5.97. The molecule has 10 heteroatoms. The number of benzene rings is 2. The van der Waals surface area contributed by atoms with Crippen molar-refractivity contribution in [1.82, 2.24) is 14.7 Å². The van der Waals surface area contributed by atoms with Gasteiger partial charge in [0.05, 0.1) is 31.1 Å². The highest BCUT2D eigenvalue weighted by molar-refractivity contribution is 6.30. The zero-order valence-electron chi connectivity index (χ0n) is 18.8. The first kappa shape index (κ1) is 22.1. The fraction of sp³-hybridized carbons (Fsp3) is 0.292. The third-order valence-electron chi connectivity index (χ3n) is 6.49. The van der Waals surface area contributed by atoms with Crippen molar-refractivity contribution in [2.45, 2.75) is 19.0 Å². The summed E-state index contributed by atoms with van der Waals surface area (Å²) in [5.74, 6) is 0.474. The van der Waals surface area contributed by atoms with Crippen molar-refractivity contribution in [2.24, 2.45) is 0 Å². The number of nitrogens with zero attached hydrogens (tertiary/aromatic N) is 5. The van der Waals surface area contributed by atoms with Gasteiger partial charge in [0.2, 0.25) is 0 Å². The number of halogens is 1. The Kier molecular flexibility index (Phi) is 5.57. The molecule has 2 aliphatic rings. The van der Waals surface area contributed by atoms with Crippen LogP contribution in [-0.4, -0.2) is 65.1 Å². The maximum Gasteiger partial charge on any atom is 0.407 e. The number of carboxylic acid groups (broad SMARTS) is 1. The highest BCUT2D eigenvalue weighted by Gasteiger charge is 2.34. The summed E-state index contributed by atoms with van der Waals surface area (Å²) in [4.78, 5) is 29.6. The largest absolute Gasteiger partial charge is 0.495 e. The Morgan fingerprint density at radius 1 is 1.21 bits per heavy atom. The molecular formula is C24H24ClN5O4. The first-order valence-corrected chi connectivity index (χ1v) is 11.3. The molecule has 0 spiro atoms. The van der Waals surface area contributed by atoms with Gasteiger partial charge in [0.15, 0.2) is 5.69 Å². The number of likely N-dealkylation sites (N-methyl/N-ethyl adjacent to an activating group) is 1. The van der Waals surface area contributed by atoms with Crippen molar-refractivity contribution in [3.63, 3.8) is 0 Å². The third-order valence-corrected chi connectivity index (χ3v) is 6.74. The van der Waals surface area contributed by atoms with E-state index in [0.29, 0.717) is 29.6 Å². The van der Waals surface area contributed by atoms with Crippen LogP contribution >= 0.6 is 11.6 Å². The van der Waals surface area contributed by atoms with Gasteiger partial charge in [-0.05, 0) is 42.8 Å². The first-order valence-electron chi connectivity index (χ1n) is 10.9. The number of rotatable bonds is 5. The number of amides is 2. The van der Waals surface area contributed by atoms with Crippen LogP contribution in [0.25, 0.3) is 5.69 Å². The second kappa shape index (κ2) is 8.57. The van der Waals surface area contributed by atoms with Crippen LogP contribution in [0.3, 0.4) is 0 Å². The molecule has 1 atom stereocenters. The van der Waals surface area contributed by atoms with Crippen molar-refractivity contribution >= 4 is 35.0 Å². The standard InChI is InChI=1S/C24H24ClN5O4/c1-27(24(32)33)19-9-10-28(14-19)20-8-7-18(11-21(20)34-2)29-12-15-13-30(26-22(15)23(29)31)17-5-3-16(25)4-6-17/h3-8,11,13,19H,9-10,12,14H2,1-2H3,(H,32,33). The lowest BCUT2D eigenvalue weighted by Gasteiger charge is -2.25. The van der Waals surface area contributed by atoms with Gasteiger partial charge in [-0.15, -0.1) is 0 Å². The molecule has 3 aromatic rings. The van der Waals surface area contributed by atoms with Gasteiger partial charge in [-0.1, -0.05) is 11.6 Å². The van der Waals surface area contributed by atoms with Crippen molar-refractivity contribution in [2.75, 3.05) is 37.0 Å². The van der Waals surface area contributed by atoms with Crippen LogP contribution < -0.4 is 14.5 Å². The van der Waals surface area contributed by atoms with Gasteiger partial charge in [-0.2, -0.15) is 5.10 Å². The summed E-state index contributed by atoms with van der Waals surface area (Å²) in [6.45, 7) is 1.73. The second-order valence-corrected chi connectivity index (χ2v) is 8.89. The number of hydrogen-bond acceptors (Lipinski definition) is 5. The Morgan fingerprint density at radius 2 is 1.94 bits per heavy atom. The second-order valence-electron chi connectivity index (χ2n) is 8.45. The lowest BCUT2D eigenvalue weighted by molar-refractivity contribution is 0.0991. The number of methoxy groups -OCH3 is 1. The fourth-order valence-corrected chi connectivity index (χ4v) is 4.66. The molecule has 2 aromatic carbocycles. The molecule has 1 saturated heterocycles. The number of fused-ring (bicyclic) bond motifs is 1. The maximum atomic E-state index is 13.1. The molecule has 0 saturated carbocycles. The fourth-order valence-electron chi connectivity index (χ4n) is 4.54. The molecule has 3 heterocycles. The molecule has 0 aliphatic carbocycles. The van der Waals surface area contributed by atoms with Gasteiger partial charge in [0.1, 0.15) is 5.75 Å². The van der Waals surface area contributed by atoms with E-state index in [4.69, 9.17) is 16.3 Å². The van der Waals surface area contributed by atoms with E-state index in [1.54, 1.807) is 35.9 Å². The van der Waals surface area contributed by atoms with Crippen LogP contribution in [0.2, 0.25) is 5.02 Å². The summed E-state index contributed by atoms with van der Waals surface area (Å²) in [6, 6.07) is 12.9. The summed E-state index contributed by atoms with van der Waals surface area (Å²) in [6.07, 6.45) is 1.68. The Labute approximate surface area is 201 Å². The zero-order chi connectivity index (χ0) is 24.0. The highest BCUT2D eigenvalue weighted by atomic mass is 35.5. The monoisotopic (exact) mass is 481 g/mol. The highest BCUT2D eigenvalue weighted by Crippen LogP contribution is 2.37. The Bertz CT molecular complexity index is 1260. The van der Waals surface area contributed by atoms with E-state index in [-0.39, 0.29) is 11.9 Å². The van der Waals surface area contributed by atoms with Gasteiger partial charge in [0.25, 0.3) is 5.91 Å². The Hall–Kier alpha value is -3.72. The average Bonchev–Trinajstić information content (AvgIpc) is 3.55. The van der Waals surface area contributed by atoms with Crippen molar-refractivity contribution in [3.8, 4) is 11.4 Å². The van der Waals surface area contributed by atoms with Crippen molar-refractivity contribution < 1.29 is 19.4 Å². The number of hydrogen-bond donors (Lipinski definition) is 1. The van der Waals surface area contributed by atoms with E-state index in [1.807, 2.05) is 36.5 Å². The Balaban J connectivity index is 1.35. The van der Waals surface area contributed by atoms with Gasteiger partial charge in [-0.3, -0.25) is 4.79 Å². The summed E-state index contributed by atoms with van der Waals surface area (Å²) < 4.78 is 7.33. The summed E-state index contributed by atoms with van der Waals surface area (Å²) in [5.41, 5.74) is 3.71. The average molecular weight is 482 g/mol. The molecule has 176 valence electrons. The van der Waals surface area contributed by atoms with E-state index < -0.39 is 6.09 Å². The van der Waals surface area contributed by atoms with Crippen LogP contribution in [0.15, 0.2) is 48.7 Å². The van der Waals surface area contributed by atoms with E-state index in [1.165, 1.54) is 4.90 Å². The van der Waals surface area contributed by atoms with Gasteiger partial charge < -0.3 is 24.5 Å². The van der Waals surface area contributed by atoms with E-state index in [2.05, 4.69) is 10.00 Å². The predicted octanol–water partition coefficient (Wildman–Crippen LogP) is 3.88. The zero-order valence-corrected chi connectivity index (χ0v) is 19.6. The molecule has 1 fully saturated rings. The van der Waals surface area contributed by atoms with E-state index in [9.17, 15) is 14.7 Å². The minimum Gasteiger partial charge on any atom is -0.495 e. The first-order chi connectivity index (χ1) is 16.4. The molecule has 1 aromatic heterocycles. The quantitative estimate of drug-likeness (QED) is 0.594. The third kappa shape index (κ3) is 3.81. The van der Waals surface area contributed by atoms with E-state index >= 15 is 0 Å². The normalized spacial score (nSPS) is 17.3. The number of anilines is 2. The lowest BCUT2D eigenvalue weighted by atomic mass is 10.2. The number of carbonyl (C=O) groups excluding carboxylic acids is 1. The molecule has 1 unspecified atom stereocenters. The molecule has 1 N–H and O–H groups in total. The van der Waals surface area contributed by atoms with Crippen LogP contribution in [-0.2, 0) is 6.54 Å². The molecule has 2 amide bonds.